The summed E-state index contributed by atoms with van der Waals surface area (Å²) < 4.78 is 44.2. The molecular weight excluding hydrogens is 469 g/mol. The molecule has 4 rings (SSSR count). The molecule has 0 spiro atoms. The Bertz CT molecular complexity index is 1110. The second-order valence-corrected chi connectivity index (χ2v) is 7.90. The van der Waals surface area contributed by atoms with Crippen LogP contribution in [-0.4, -0.2) is 45.5 Å². The van der Waals surface area contributed by atoms with Crippen molar-refractivity contribution in [2.75, 3.05) is 25.0 Å². The van der Waals surface area contributed by atoms with Crippen LogP contribution in [0.2, 0.25) is 0 Å². The Morgan fingerprint density at radius 2 is 2.20 bits per heavy atom. The molecule has 1 atom stereocenters. The number of benzene rings is 1. The van der Waals surface area contributed by atoms with Gasteiger partial charge in [0, 0.05) is 16.6 Å². The summed E-state index contributed by atoms with van der Waals surface area (Å²) in [4.78, 5) is 23.7. The van der Waals surface area contributed by atoms with Gasteiger partial charge in [-0.05, 0) is 43.6 Å². The van der Waals surface area contributed by atoms with Crippen LogP contribution < -0.4 is 21.1 Å². The van der Waals surface area contributed by atoms with E-state index in [-0.39, 0.29) is 17.9 Å². The first-order chi connectivity index (χ1) is 14.3. The van der Waals surface area contributed by atoms with Crippen molar-refractivity contribution in [3.05, 3.63) is 44.9 Å². The number of fused-ring (bicyclic) bond motifs is 1. The van der Waals surface area contributed by atoms with Gasteiger partial charge in [0.25, 0.3) is 0 Å². The summed E-state index contributed by atoms with van der Waals surface area (Å²) in [6.45, 7) is 2.41. The van der Waals surface area contributed by atoms with Crippen LogP contribution >= 0.6 is 15.9 Å². The van der Waals surface area contributed by atoms with Gasteiger partial charge in [0.1, 0.15) is 11.3 Å². The molecule has 3 aromatic rings. The smallest absolute Gasteiger partial charge is 0.405 e. The first kappa shape index (κ1) is 20.7. The van der Waals surface area contributed by atoms with Gasteiger partial charge in [-0.2, -0.15) is 4.98 Å². The average molecular weight is 487 g/mol. The summed E-state index contributed by atoms with van der Waals surface area (Å²) >= 11 is 3.24. The SMILES string of the molecule is O=c1[nH]c2cnc(NC[C@@H]3CCNC3)nc2n1Cc1cc(Br)ccc1OC(F)(F)F. The first-order valence-electron chi connectivity index (χ1n) is 9.23. The van der Waals surface area contributed by atoms with Crippen molar-refractivity contribution in [1.82, 2.24) is 24.8 Å². The maximum Gasteiger partial charge on any atom is 0.573 e. The van der Waals surface area contributed by atoms with E-state index in [1.165, 1.54) is 29.0 Å². The molecule has 30 heavy (non-hydrogen) atoms. The van der Waals surface area contributed by atoms with Gasteiger partial charge in [0.15, 0.2) is 5.65 Å². The molecule has 0 radical (unpaired) electrons. The Balaban J connectivity index is 1.64. The molecule has 8 nitrogen and oxygen atoms in total. The molecule has 1 saturated heterocycles. The van der Waals surface area contributed by atoms with Crippen molar-refractivity contribution < 1.29 is 17.9 Å². The van der Waals surface area contributed by atoms with Crippen LogP contribution in [0, 0.1) is 5.92 Å². The maximum absolute atomic E-state index is 12.8. The van der Waals surface area contributed by atoms with Crippen molar-refractivity contribution in [2.45, 2.75) is 19.3 Å². The molecule has 1 aromatic carbocycles. The predicted octanol–water partition coefficient (Wildman–Crippen LogP) is 2.85. The van der Waals surface area contributed by atoms with E-state index >= 15 is 0 Å². The Labute approximate surface area is 177 Å². The minimum Gasteiger partial charge on any atom is -0.405 e. The second kappa shape index (κ2) is 8.26. The predicted molar refractivity (Wildman–Crippen MR) is 108 cm³/mol. The van der Waals surface area contributed by atoms with E-state index in [9.17, 15) is 18.0 Å². The van der Waals surface area contributed by atoms with Gasteiger partial charge >= 0.3 is 12.1 Å². The lowest BCUT2D eigenvalue weighted by molar-refractivity contribution is -0.274. The molecule has 12 heteroatoms. The lowest BCUT2D eigenvalue weighted by atomic mass is 10.1. The van der Waals surface area contributed by atoms with E-state index in [0.29, 0.717) is 34.0 Å². The number of rotatable bonds is 6. The number of hydrogen-bond donors (Lipinski definition) is 3. The number of nitrogens with zero attached hydrogens (tertiary/aromatic N) is 3. The Kier molecular flexibility index (Phi) is 5.69. The van der Waals surface area contributed by atoms with Crippen LogP contribution in [0.15, 0.2) is 33.7 Å². The Hall–Kier alpha value is -2.60. The second-order valence-electron chi connectivity index (χ2n) is 6.99. The van der Waals surface area contributed by atoms with Gasteiger partial charge in [-0.3, -0.25) is 4.57 Å². The molecule has 0 unspecified atom stereocenters. The molecule has 0 aliphatic carbocycles. The number of nitrogens with one attached hydrogen (secondary N) is 3. The van der Waals surface area contributed by atoms with Gasteiger partial charge < -0.3 is 20.4 Å². The summed E-state index contributed by atoms with van der Waals surface area (Å²) in [6.07, 6.45) is -2.32. The van der Waals surface area contributed by atoms with Crippen LogP contribution in [0.1, 0.15) is 12.0 Å². The fraction of sp³-hybridized carbons (Fsp3) is 0.389. The normalized spacial score (nSPS) is 16.9. The fourth-order valence-electron chi connectivity index (χ4n) is 3.37. The number of halogens is 4. The zero-order valence-corrected chi connectivity index (χ0v) is 17.2. The van der Waals surface area contributed by atoms with E-state index in [4.69, 9.17) is 0 Å². The minimum atomic E-state index is -4.85. The monoisotopic (exact) mass is 486 g/mol. The lowest BCUT2D eigenvalue weighted by Crippen LogP contribution is -2.21. The van der Waals surface area contributed by atoms with Gasteiger partial charge in [0.2, 0.25) is 5.95 Å². The number of hydrogen-bond acceptors (Lipinski definition) is 6. The molecule has 1 aliphatic heterocycles. The highest BCUT2D eigenvalue weighted by atomic mass is 79.9. The van der Waals surface area contributed by atoms with Crippen LogP contribution in [0.5, 0.6) is 5.75 Å². The van der Waals surface area contributed by atoms with Gasteiger partial charge in [-0.15, -0.1) is 13.2 Å². The number of aromatic nitrogens is 4. The maximum atomic E-state index is 12.8. The van der Waals surface area contributed by atoms with Crippen molar-refractivity contribution in [1.29, 1.82) is 0 Å². The van der Waals surface area contributed by atoms with E-state index in [1.807, 2.05) is 0 Å². The number of H-pyrrole nitrogens is 1. The van der Waals surface area contributed by atoms with E-state index in [2.05, 4.69) is 46.3 Å². The number of imidazole rings is 1. The standard InChI is InChI=1S/C18H18BrF3N6O2/c19-12-1-2-14(30-18(20,21)22)11(5-12)9-28-15-13(26-17(28)29)8-25-16(27-15)24-7-10-3-4-23-6-10/h1-2,5,8,10,23H,3-4,6-7,9H2,(H,26,29)(H,24,25,27)/t10-/m1/s1. The molecule has 1 fully saturated rings. The Morgan fingerprint density at radius 3 is 2.93 bits per heavy atom. The number of aromatic amines is 1. The van der Waals surface area contributed by atoms with Crippen LogP contribution in [-0.2, 0) is 6.54 Å². The van der Waals surface area contributed by atoms with Crippen molar-refractivity contribution in [3.8, 4) is 5.75 Å². The highest BCUT2D eigenvalue weighted by Crippen LogP contribution is 2.29. The first-order valence-corrected chi connectivity index (χ1v) is 10.0. The number of anilines is 1. The summed E-state index contributed by atoms with van der Waals surface area (Å²) in [7, 11) is 0. The third kappa shape index (κ3) is 4.75. The molecule has 0 bridgehead atoms. The van der Waals surface area contributed by atoms with Crippen LogP contribution in [0.4, 0.5) is 19.1 Å². The van der Waals surface area contributed by atoms with Crippen LogP contribution in [0.25, 0.3) is 11.2 Å². The van der Waals surface area contributed by atoms with Gasteiger partial charge in [-0.1, -0.05) is 15.9 Å². The third-order valence-corrected chi connectivity index (χ3v) is 5.29. The quantitative estimate of drug-likeness (QED) is 0.495. The summed E-state index contributed by atoms with van der Waals surface area (Å²) in [6, 6.07) is 4.11. The van der Waals surface area contributed by atoms with Crippen molar-refractivity contribution in [2.24, 2.45) is 5.92 Å². The highest BCUT2D eigenvalue weighted by molar-refractivity contribution is 9.10. The van der Waals surface area contributed by atoms with Crippen molar-refractivity contribution in [3.63, 3.8) is 0 Å². The van der Waals surface area contributed by atoms with Crippen molar-refractivity contribution >= 4 is 33.0 Å². The van der Waals surface area contributed by atoms with Gasteiger partial charge in [0.05, 0.1) is 12.7 Å². The summed E-state index contributed by atoms with van der Waals surface area (Å²) in [5.74, 6) is 0.428. The third-order valence-electron chi connectivity index (χ3n) is 4.80. The molecule has 0 amide bonds. The number of ether oxygens (including phenoxy) is 1. The molecular formula is C18H18BrF3N6O2. The highest BCUT2D eigenvalue weighted by Gasteiger charge is 2.32. The molecule has 3 N–H and O–H groups in total. The Morgan fingerprint density at radius 1 is 1.37 bits per heavy atom. The zero-order valence-electron chi connectivity index (χ0n) is 15.6. The van der Waals surface area contributed by atoms with Crippen LogP contribution in [0.3, 0.4) is 0 Å². The van der Waals surface area contributed by atoms with Gasteiger partial charge in [-0.25, -0.2) is 9.78 Å². The van der Waals surface area contributed by atoms with E-state index in [1.54, 1.807) is 0 Å². The molecule has 0 saturated carbocycles. The summed E-state index contributed by atoms with van der Waals surface area (Å²) in [5.41, 5.74) is 0.352. The molecule has 1 aliphatic rings. The average Bonchev–Trinajstić information content (AvgIpc) is 3.29. The molecule has 160 valence electrons. The largest absolute Gasteiger partial charge is 0.573 e. The summed E-state index contributed by atoms with van der Waals surface area (Å²) in [5, 5.41) is 6.44. The number of alkyl halides is 3. The topological polar surface area (TPSA) is 96.9 Å². The van der Waals surface area contributed by atoms with E-state index < -0.39 is 12.1 Å². The minimum absolute atomic E-state index is 0.160. The lowest BCUT2D eigenvalue weighted by Gasteiger charge is -2.14. The zero-order chi connectivity index (χ0) is 21.3. The van der Waals surface area contributed by atoms with E-state index in [0.717, 1.165) is 19.5 Å². The molecule has 2 aromatic heterocycles. The fourth-order valence-corrected chi connectivity index (χ4v) is 3.78. The molecule has 3 heterocycles.